The maximum Gasteiger partial charge on any atom is 0.149 e. The molecule has 2 nitrogen and oxygen atoms in total. The average Bonchev–Trinajstić information content (AvgIpc) is 3.14. The van der Waals surface area contributed by atoms with E-state index in [-0.39, 0.29) is 5.60 Å². The lowest BCUT2D eigenvalue weighted by Gasteiger charge is -2.54. The van der Waals surface area contributed by atoms with Crippen molar-refractivity contribution < 1.29 is 4.74 Å². The highest BCUT2D eigenvalue weighted by molar-refractivity contribution is 9.10. The van der Waals surface area contributed by atoms with Gasteiger partial charge in [0.25, 0.3) is 0 Å². The van der Waals surface area contributed by atoms with E-state index in [1.165, 1.54) is 44.1 Å². The number of benzene rings is 1. The van der Waals surface area contributed by atoms with Crippen molar-refractivity contribution in [3.05, 3.63) is 21.1 Å². The SMILES string of the molecule is CC1CCC(C(C)C)C(C2(C3CC(C)CCC3C(C)C)Cc3c(Br)cc(Cl)c(N)c3O2)C1. The fourth-order valence-corrected chi connectivity index (χ4v) is 8.53. The van der Waals surface area contributed by atoms with E-state index in [1.54, 1.807) is 0 Å². The molecule has 4 rings (SSSR count). The van der Waals surface area contributed by atoms with E-state index in [0.29, 0.717) is 46.2 Å². The Balaban J connectivity index is 1.87. The van der Waals surface area contributed by atoms with Crippen molar-refractivity contribution in [3.63, 3.8) is 0 Å². The van der Waals surface area contributed by atoms with Gasteiger partial charge in [0.15, 0.2) is 0 Å². The topological polar surface area (TPSA) is 35.2 Å². The van der Waals surface area contributed by atoms with Crippen molar-refractivity contribution >= 4 is 33.2 Å². The van der Waals surface area contributed by atoms with Gasteiger partial charge in [-0.25, -0.2) is 0 Å². The third-order valence-corrected chi connectivity index (χ3v) is 10.4. The van der Waals surface area contributed by atoms with E-state index < -0.39 is 0 Å². The van der Waals surface area contributed by atoms with Crippen molar-refractivity contribution in [1.29, 1.82) is 0 Å². The lowest BCUT2D eigenvalue weighted by molar-refractivity contribution is -0.117. The van der Waals surface area contributed by atoms with Gasteiger partial charge in [-0.15, -0.1) is 0 Å². The predicted molar refractivity (Wildman–Crippen MR) is 140 cm³/mol. The van der Waals surface area contributed by atoms with Crippen LogP contribution < -0.4 is 10.5 Å². The Morgan fingerprint density at radius 1 is 0.969 bits per heavy atom. The van der Waals surface area contributed by atoms with Crippen molar-refractivity contribution in [2.75, 3.05) is 5.73 Å². The first-order valence-corrected chi connectivity index (χ1v) is 14.2. The number of ether oxygens (including phenoxy) is 1. The molecule has 2 N–H and O–H groups in total. The molecule has 4 heteroatoms. The maximum absolute atomic E-state index is 7.28. The summed E-state index contributed by atoms with van der Waals surface area (Å²) in [5.41, 5.74) is 8.24. The largest absolute Gasteiger partial charge is 0.484 e. The van der Waals surface area contributed by atoms with Gasteiger partial charge in [0.1, 0.15) is 11.4 Å². The Hall–Kier alpha value is -0.410. The molecule has 0 radical (unpaired) electrons. The van der Waals surface area contributed by atoms with Crippen LogP contribution in [0.3, 0.4) is 0 Å². The van der Waals surface area contributed by atoms with Gasteiger partial charge >= 0.3 is 0 Å². The minimum atomic E-state index is -0.184. The van der Waals surface area contributed by atoms with Gasteiger partial charge in [0.05, 0.1) is 10.7 Å². The summed E-state index contributed by atoms with van der Waals surface area (Å²) in [5, 5.41) is 0.598. The highest BCUT2D eigenvalue weighted by Gasteiger charge is 2.58. The molecule has 3 aliphatic rings. The first-order chi connectivity index (χ1) is 15.0. The summed E-state index contributed by atoms with van der Waals surface area (Å²) in [6.07, 6.45) is 8.80. The maximum atomic E-state index is 7.28. The molecule has 1 aromatic rings. The van der Waals surface area contributed by atoms with E-state index >= 15 is 0 Å². The Bertz CT molecular complexity index is 805. The quantitative estimate of drug-likeness (QED) is 0.399. The molecule has 0 spiro atoms. The first-order valence-electron chi connectivity index (χ1n) is 13.0. The van der Waals surface area contributed by atoms with Crippen LogP contribution in [0.25, 0.3) is 0 Å². The molecule has 2 aliphatic carbocycles. The van der Waals surface area contributed by atoms with Gasteiger partial charge in [-0.05, 0) is 67.3 Å². The summed E-state index contributed by atoms with van der Waals surface area (Å²) in [6.45, 7) is 14.6. The van der Waals surface area contributed by atoms with Crippen LogP contribution in [0.2, 0.25) is 5.02 Å². The molecule has 2 saturated carbocycles. The molecular weight excluding hydrogens is 482 g/mol. The second kappa shape index (κ2) is 9.33. The minimum absolute atomic E-state index is 0.184. The lowest BCUT2D eigenvalue weighted by atomic mass is 9.54. The summed E-state index contributed by atoms with van der Waals surface area (Å²) in [5.74, 6) is 6.21. The summed E-state index contributed by atoms with van der Waals surface area (Å²) in [7, 11) is 0. The molecule has 1 aromatic carbocycles. The molecule has 6 unspecified atom stereocenters. The molecule has 0 saturated heterocycles. The van der Waals surface area contributed by atoms with Crippen LogP contribution >= 0.6 is 27.5 Å². The molecular formula is C28H43BrClNO. The molecule has 0 bridgehead atoms. The van der Waals surface area contributed by atoms with Crippen molar-refractivity contribution in [2.45, 2.75) is 92.1 Å². The molecule has 1 aliphatic heterocycles. The number of halogens is 2. The summed E-state index contributed by atoms with van der Waals surface area (Å²) in [4.78, 5) is 0. The molecule has 32 heavy (non-hydrogen) atoms. The fourth-order valence-electron chi connectivity index (χ4n) is 7.66. The third-order valence-electron chi connectivity index (χ3n) is 9.36. The zero-order valence-corrected chi connectivity index (χ0v) is 23.2. The van der Waals surface area contributed by atoms with Crippen LogP contribution in [0.15, 0.2) is 10.5 Å². The zero-order chi connectivity index (χ0) is 23.4. The van der Waals surface area contributed by atoms with Gasteiger partial charge in [0, 0.05) is 28.3 Å². The van der Waals surface area contributed by atoms with Gasteiger partial charge in [-0.1, -0.05) is 81.9 Å². The summed E-state index contributed by atoms with van der Waals surface area (Å²) < 4.78 is 8.34. The number of nitrogen functional groups attached to an aromatic ring is 1. The molecule has 0 aromatic heterocycles. The second-order valence-corrected chi connectivity index (χ2v) is 13.4. The monoisotopic (exact) mass is 523 g/mol. The van der Waals surface area contributed by atoms with E-state index in [9.17, 15) is 0 Å². The van der Waals surface area contributed by atoms with Crippen LogP contribution in [0.4, 0.5) is 5.69 Å². The van der Waals surface area contributed by atoms with Crippen molar-refractivity contribution in [2.24, 2.45) is 47.3 Å². The first kappa shape index (κ1) is 24.7. The van der Waals surface area contributed by atoms with Gasteiger partial charge in [-0.3, -0.25) is 0 Å². The minimum Gasteiger partial charge on any atom is -0.484 e. The smallest absolute Gasteiger partial charge is 0.149 e. The third kappa shape index (κ3) is 4.23. The number of fused-ring (bicyclic) bond motifs is 1. The molecule has 6 atom stereocenters. The fraction of sp³-hybridized carbons (Fsp3) is 0.786. The van der Waals surface area contributed by atoms with Crippen LogP contribution in [0.5, 0.6) is 5.75 Å². The zero-order valence-electron chi connectivity index (χ0n) is 20.9. The standard InChI is InChI=1S/C28H43BrClNO/c1-15(2)19-9-7-17(5)11-22(19)28(23-12-18(6)8-10-20(23)16(3)4)14-21-24(29)13-25(30)26(31)27(21)32-28/h13,15-20,22-23H,7-12,14,31H2,1-6H3. The summed E-state index contributed by atoms with van der Waals surface area (Å²) >= 11 is 10.4. The number of hydrogen-bond acceptors (Lipinski definition) is 2. The number of nitrogens with two attached hydrogens (primary N) is 1. The highest BCUT2D eigenvalue weighted by atomic mass is 79.9. The Kier molecular flexibility index (Phi) is 7.20. The lowest BCUT2D eigenvalue weighted by Crippen LogP contribution is -2.58. The Morgan fingerprint density at radius 3 is 1.94 bits per heavy atom. The van der Waals surface area contributed by atoms with Crippen molar-refractivity contribution in [3.8, 4) is 5.75 Å². The number of rotatable bonds is 4. The normalized spacial score (nSPS) is 37.6. The highest BCUT2D eigenvalue weighted by Crippen LogP contribution is 2.60. The molecule has 1 heterocycles. The van der Waals surface area contributed by atoms with Crippen LogP contribution in [0.1, 0.15) is 85.6 Å². The van der Waals surface area contributed by atoms with Crippen molar-refractivity contribution in [1.82, 2.24) is 0 Å². The average molecular weight is 525 g/mol. The molecule has 2 fully saturated rings. The van der Waals surface area contributed by atoms with Crippen LogP contribution in [-0.4, -0.2) is 5.60 Å². The molecule has 180 valence electrons. The van der Waals surface area contributed by atoms with Gasteiger partial charge in [0.2, 0.25) is 0 Å². The Labute approximate surface area is 209 Å². The van der Waals surface area contributed by atoms with E-state index in [0.717, 1.165) is 28.5 Å². The van der Waals surface area contributed by atoms with Gasteiger partial charge in [-0.2, -0.15) is 0 Å². The number of hydrogen-bond donors (Lipinski definition) is 1. The second-order valence-electron chi connectivity index (χ2n) is 12.2. The van der Waals surface area contributed by atoms with Crippen LogP contribution in [-0.2, 0) is 6.42 Å². The van der Waals surface area contributed by atoms with E-state index in [2.05, 4.69) is 57.5 Å². The predicted octanol–water partition coefficient (Wildman–Crippen LogP) is 8.78. The number of anilines is 1. The summed E-state index contributed by atoms with van der Waals surface area (Å²) in [6, 6.07) is 1.97. The molecule has 0 amide bonds. The van der Waals surface area contributed by atoms with E-state index in [1.807, 2.05) is 6.07 Å². The van der Waals surface area contributed by atoms with E-state index in [4.69, 9.17) is 22.1 Å². The van der Waals surface area contributed by atoms with Crippen LogP contribution in [0, 0.1) is 47.3 Å². The van der Waals surface area contributed by atoms with Gasteiger partial charge < -0.3 is 10.5 Å². The Morgan fingerprint density at radius 2 is 1.47 bits per heavy atom.